The topological polar surface area (TPSA) is 65.0 Å². The van der Waals surface area contributed by atoms with E-state index in [1.807, 2.05) is 11.8 Å². The van der Waals surface area contributed by atoms with Crippen LogP contribution in [0.2, 0.25) is 0 Å². The molecule has 5 nitrogen and oxygen atoms in total. The molecular formula is C15H18F2N4O. The number of aliphatic hydroxyl groups excluding tert-OH is 1. The first-order valence-electron chi connectivity index (χ1n) is 7.34. The second-order valence-electron chi connectivity index (χ2n) is 5.56. The summed E-state index contributed by atoms with van der Waals surface area (Å²) in [4.78, 5) is 6.35. The SMILES string of the molecule is CCc1n[nH]c(CN2CC(O)CC2c2ccc(F)c(F)c2)n1. The molecule has 0 spiro atoms. The number of halogens is 2. The average Bonchev–Trinajstić information content (AvgIpc) is 3.09. The number of H-pyrrole nitrogens is 1. The monoisotopic (exact) mass is 308 g/mol. The molecule has 0 amide bonds. The van der Waals surface area contributed by atoms with E-state index in [9.17, 15) is 13.9 Å². The summed E-state index contributed by atoms with van der Waals surface area (Å²) < 4.78 is 26.5. The molecule has 2 heterocycles. The van der Waals surface area contributed by atoms with E-state index in [0.717, 1.165) is 18.3 Å². The highest BCUT2D eigenvalue weighted by atomic mass is 19.2. The van der Waals surface area contributed by atoms with Crippen molar-refractivity contribution in [1.82, 2.24) is 20.1 Å². The smallest absolute Gasteiger partial charge is 0.159 e. The molecule has 118 valence electrons. The second-order valence-corrected chi connectivity index (χ2v) is 5.56. The average molecular weight is 308 g/mol. The highest BCUT2D eigenvalue weighted by Gasteiger charge is 2.33. The van der Waals surface area contributed by atoms with E-state index in [1.54, 1.807) is 6.07 Å². The minimum Gasteiger partial charge on any atom is -0.392 e. The molecule has 2 N–H and O–H groups in total. The van der Waals surface area contributed by atoms with Crippen LogP contribution in [-0.4, -0.2) is 37.8 Å². The van der Waals surface area contributed by atoms with E-state index in [0.29, 0.717) is 30.9 Å². The number of hydrogen-bond acceptors (Lipinski definition) is 4. The van der Waals surface area contributed by atoms with Gasteiger partial charge >= 0.3 is 0 Å². The lowest BCUT2D eigenvalue weighted by Crippen LogP contribution is -2.25. The van der Waals surface area contributed by atoms with Gasteiger partial charge in [-0.15, -0.1) is 0 Å². The van der Waals surface area contributed by atoms with Crippen molar-refractivity contribution in [3.8, 4) is 0 Å². The molecule has 2 unspecified atom stereocenters. The molecule has 1 aliphatic rings. The number of aryl methyl sites for hydroxylation is 1. The summed E-state index contributed by atoms with van der Waals surface area (Å²) in [5.41, 5.74) is 0.658. The zero-order valence-electron chi connectivity index (χ0n) is 12.3. The van der Waals surface area contributed by atoms with Gasteiger partial charge in [-0.1, -0.05) is 13.0 Å². The number of aromatic amines is 1. The van der Waals surface area contributed by atoms with E-state index in [4.69, 9.17) is 0 Å². The molecule has 1 aromatic carbocycles. The van der Waals surface area contributed by atoms with Crippen LogP contribution in [0.5, 0.6) is 0 Å². The maximum atomic E-state index is 13.4. The molecule has 1 fully saturated rings. The molecule has 3 rings (SSSR count). The van der Waals surface area contributed by atoms with Crippen molar-refractivity contribution < 1.29 is 13.9 Å². The maximum Gasteiger partial charge on any atom is 0.159 e. The molecule has 2 aromatic rings. The maximum absolute atomic E-state index is 13.4. The predicted octanol–water partition coefficient (Wildman–Crippen LogP) is 1.95. The Bertz CT molecular complexity index is 661. The van der Waals surface area contributed by atoms with Gasteiger partial charge in [-0.3, -0.25) is 10.00 Å². The van der Waals surface area contributed by atoms with Crippen molar-refractivity contribution in [3.05, 3.63) is 47.0 Å². The highest BCUT2D eigenvalue weighted by molar-refractivity contribution is 5.23. The fourth-order valence-electron chi connectivity index (χ4n) is 2.88. The Morgan fingerprint density at radius 1 is 1.36 bits per heavy atom. The van der Waals surface area contributed by atoms with Gasteiger partial charge in [0.05, 0.1) is 12.6 Å². The minimum absolute atomic E-state index is 0.166. The highest BCUT2D eigenvalue weighted by Crippen LogP contribution is 2.33. The fraction of sp³-hybridized carbons (Fsp3) is 0.467. The number of likely N-dealkylation sites (tertiary alicyclic amines) is 1. The van der Waals surface area contributed by atoms with Crippen molar-refractivity contribution in [1.29, 1.82) is 0 Å². The van der Waals surface area contributed by atoms with E-state index in [-0.39, 0.29) is 6.04 Å². The van der Waals surface area contributed by atoms with E-state index in [2.05, 4.69) is 15.2 Å². The van der Waals surface area contributed by atoms with Crippen LogP contribution in [-0.2, 0) is 13.0 Å². The third kappa shape index (κ3) is 3.00. The van der Waals surface area contributed by atoms with Crippen LogP contribution in [0.1, 0.15) is 36.6 Å². The van der Waals surface area contributed by atoms with Gasteiger partial charge in [-0.2, -0.15) is 5.10 Å². The quantitative estimate of drug-likeness (QED) is 0.906. The predicted molar refractivity (Wildman–Crippen MR) is 75.9 cm³/mol. The first-order valence-corrected chi connectivity index (χ1v) is 7.34. The zero-order valence-corrected chi connectivity index (χ0v) is 12.3. The van der Waals surface area contributed by atoms with Crippen LogP contribution < -0.4 is 0 Å². The summed E-state index contributed by atoms with van der Waals surface area (Å²) in [6.07, 6.45) is 0.734. The molecule has 1 aliphatic heterocycles. The van der Waals surface area contributed by atoms with E-state index >= 15 is 0 Å². The van der Waals surface area contributed by atoms with Gasteiger partial charge in [0.15, 0.2) is 11.6 Å². The lowest BCUT2D eigenvalue weighted by molar-refractivity contribution is 0.171. The normalized spacial score (nSPS) is 22.4. The van der Waals surface area contributed by atoms with E-state index in [1.165, 1.54) is 6.07 Å². The largest absolute Gasteiger partial charge is 0.392 e. The van der Waals surface area contributed by atoms with Gasteiger partial charge in [0.1, 0.15) is 11.6 Å². The summed E-state index contributed by atoms with van der Waals surface area (Å²) in [5.74, 6) is -0.291. The molecule has 22 heavy (non-hydrogen) atoms. The van der Waals surface area contributed by atoms with Gasteiger partial charge in [-0.05, 0) is 24.1 Å². The van der Waals surface area contributed by atoms with Crippen molar-refractivity contribution in [2.75, 3.05) is 6.54 Å². The van der Waals surface area contributed by atoms with Crippen LogP contribution in [0.4, 0.5) is 8.78 Å². The molecular weight excluding hydrogens is 290 g/mol. The summed E-state index contributed by atoms with van der Waals surface area (Å²) in [7, 11) is 0. The Morgan fingerprint density at radius 2 is 2.18 bits per heavy atom. The Labute approximate surface area is 127 Å². The van der Waals surface area contributed by atoms with Crippen molar-refractivity contribution >= 4 is 0 Å². The van der Waals surface area contributed by atoms with Crippen LogP contribution in [0.3, 0.4) is 0 Å². The third-order valence-electron chi connectivity index (χ3n) is 3.96. The summed E-state index contributed by atoms with van der Waals surface area (Å²) >= 11 is 0. The molecule has 0 aliphatic carbocycles. The molecule has 0 bridgehead atoms. The van der Waals surface area contributed by atoms with Crippen molar-refractivity contribution in [3.63, 3.8) is 0 Å². The van der Waals surface area contributed by atoms with E-state index < -0.39 is 17.7 Å². The summed E-state index contributed by atoms with van der Waals surface area (Å²) in [6.45, 7) is 2.91. The number of aromatic nitrogens is 3. The summed E-state index contributed by atoms with van der Waals surface area (Å²) in [6, 6.07) is 3.71. The van der Waals surface area contributed by atoms with Crippen LogP contribution >= 0.6 is 0 Å². The third-order valence-corrected chi connectivity index (χ3v) is 3.96. The number of rotatable bonds is 4. The molecule has 1 aromatic heterocycles. The van der Waals surface area contributed by atoms with Crippen molar-refractivity contribution in [2.24, 2.45) is 0 Å². The number of nitrogens with zero attached hydrogens (tertiary/aromatic N) is 3. The lowest BCUT2D eigenvalue weighted by Gasteiger charge is -2.23. The Kier molecular flexibility index (Phi) is 4.17. The van der Waals surface area contributed by atoms with Crippen LogP contribution in [0.25, 0.3) is 0 Å². The van der Waals surface area contributed by atoms with Crippen LogP contribution in [0.15, 0.2) is 18.2 Å². The fourth-order valence-corrected chi connectivity index (χ4v) is 2.88. The first kappa shape index (κ1) is 15.1. The van der Waals surface area contributed by atoms with Crippen molar-refractivity contribution in [2.45, 2.75) is 38.5 Å². The molecule has 0 saturated carbocycles. The van der Waals surface area contributed by atoms with Crippen LogP contribution in [0, 0.1) is 11.6 Å². The van der Waals surface area contributed by atoms with Gasteiger partial charge in [-0.25, -0.2) is 13.8 Å². The molecule has 2 atom stereocenters. The van der Waals surface area contributed by atoms with Gasteiger partial charge in [0.25, 0.3) is 0 Å². The van der Waals surface area contributed by atoms with Gasteiger partial charge in [0.2, 0.25) is 0 Å². The Hall–Kier alpha value is -1.86. The number of hydrogen-bond donors (Lipinski definition) is 2. The Morgan fingerprint density at radius 3 is 2.86 bits per heavy atom. The minimum atomic E-state index is -0.869. The Balaban J connectivity index is 1.80. The molecule has 7 heteroatoms. The number of nitrogens with one attached hydrogen (secondary N) is 1. The molecule has 1 saturated heterocycles. The number of aliphatic hydroxyl groups is 1. The molecule has 0 radical (unpaired) electrons. The first-order chi connectivity index (χ1) is 10.6. The standard InChI is InChI=1S/C15H18F2N4O/c1-2-14-18-15(20-19-14)8-21-7-10(22)6-13(21)9-3-4-11(16)12(17)5-9/h3-5,10,13,22H,2,6-8H2,1H3,(H,18,19,20). The van der Waals surface area contributed by atoms with Gasteiger partial charge in [0, 0.05) is 19.0 Å². The lowest BCUT2D eigenvalue weighted by atomic mass is 10.0. The zero-order chi connectivity index (χ0) is 15.7. The van der Waals surface area contributed by atoms with Gasteiger partial charge < -0.3 is 5.11 Å². The number of benzene rings is 1. The summed E-state index contributed by atoms with van der Waals surface area (Å²) in [5, 5.41) is 16.9. The second kappa shape index (κ2) is 6.10. The number of β-amino-alcohol motifs (C(OH)–C–C–N with tert-alkyl or cyclic N) is 1.